The van der Waals surface area contributed by atoms with E-state index in [4.69, 9.17) is 5.10 Å². The Bertz CT molecular complexity index is 382. The van der Waals surface area contributed by atoms with Crippen LogP contribution in [0.4, 0.5) is 0 Å². The Balaban J connectivity index is 2.23. The molecule has 1 N–H and O–H groups in total. The second-order valence-electron chi connectivity index (χ2n) is 6.20. The van der Waals surface area contributed by atoms with Crippen LogP contribution in [-0.2, 0) is 13.0 Å². The van der Waals surface area contributed by atoms with E-state index in [-0.39, 0.29) is 0 Å². The summed E-state index contributed by atoms with van der Waals surface area (Å²) in [6, 6.07) is 0. The quantitative estimate of drug-likeness (QED) is 0.579. The van der Waals surface area contributed by atoms with Crippen molar-refractivity contribution in [1.82, 2.24) is 15.1 Å². The first-order valence-electron chi connectivity index (χ1n) is 8.88. The van der Waals surface area contributed by atoms with Gasteiger partial charge in [0.15, 0.2) is 0 Å². The highest BCUT2D eigenvalue weighted by Crippen LogP contribution is 2.15. The summed E-state index contributed by atoms with van der Waals surface area (Å²) in [5, 5.41) is 7.93. The first kappa shape index (κ1) is 18.2. The zero-order valence-corrected chi connectivity index (χ0v) is 14.7. The molecule has 0 aromatic carbocycles. The SMILES string of the molecule is CCCCCCCCCCn1nc(C)c(CCNC)c1C. The fourth-order valence-corrected chi connectivity index (χ4v) is 2.96. The molecule has 1 rings (SSSR count). The smallest absolute Gasteiger partial charge is 0.0628 e. The third kappa shape index (κ3) is 6.64. The van der Waals surface area contributed by atoms with Crippen LogP contribution in [0.3, 0.4) is 0 Å². The van der Waals surface area contributed by atoms with Crippen molar-refractivity contribution in [2.45, 2.75) is 85.1 Å². The number of hydrogen-bond acceptors (Lipinski definition) is 2. The Kier molecular flexibility index (Phi) is 9.40. The van der Waals surface area contributed by atoms with Gasteiger partial charge in [0, 0.05) is 12.2 Å². The summed E-state index contributed by atoms with van der Waals surface area (Å²) in [4.78, 5) is 0. The van der Waals surface area contributed by atoms with Gasteiger partial charge < -0.3 is 5.32 Å². The molecule has 0 aliphatic carbocycles. The summed E-state index contributed by atoms with van der Waals surface area (Å²) in [7, 11) is 2.01. The van der Waals surface area contributed by atoms with Crippen molar-refractivity contribution < 1.29 is 0 Å². The van der Waals surface area contributed by atoms with E-state index in [9.17, 15) is 0 Å². The Morgan fingerprint density at radius 2 is 1.57 bits per heavy atom. The predicted molar refractivity (Wildman–Crippen MR) is 91.9 cm³/mol. The minimum atomic E-state index is 1.03. The van der Waals surface area contributed by atoms with E-state index in [0.717, 1.165) is 19.5 Å². The average molecular weight is 293 g/mol. The molecule has 0 saturated heterocycles. The summed E-state index contributed by atoms with van der Waals surface area (Å²) < 4.78 is 2.22. The number of rotatable bonds is 12. The highest BCUT2D eigenvalue weighted by Gasteiger charge is 2.10. The van der Waals surface area contributed by atoms with Gasteiger partial charge in [-0.1, -0.05) is 51.9 Å². The predicted octanol–water partition coefficient (Wildman–Crippen LogP) is 4.40. The van der Waals surface area contributed by atoms with E-state index >= 15 is 0 Å². The van der Waals surface area contributed by atoms with Gasteiger partial charge in [-0.25, -0.2) is 0 Å². The normalized spacial score (nSPS) is 11.2. The van der Waals surface area contributed by atoms with Crippen LogP contribution in [0.25, 0.3) is 0 Å². The van der Waals surface area contributed by atoms with E-state index in [1.165, 1.54) is 68.3 Å². The number of aryl methyl sites for hydroxylation is 2. The summed E-state index contributed by atoms with van der Waals surface area (Å²) in [6.45, 7) is 8.75. The minimum absolute atomic E-state index is 1.03. The van der Waals surface area contributed by atoms with Crippen molar-refractivity contribution in [3.05, 3.63) is 17.0 Å². The van der Waals surface area contributed by atoms with Gasteiger partial charge >= 0.3 is 0 Å². The standard InChI is InChI=1S/C18H35N3/c1-5-6-7-8-9-10-11-12-15-21-17(3)18(13-14-19-4)16(2)20-21/h19H,5-15H2,1-4H3. The monoisotopic (exact) mass is 293 g/mol. The Labute approximate surface area is 131 Å². The lowest BCUT2D eigenvalue weighted by Gasteiger charge is -2.06. The second kappa shape index (κ2) is 10.8. The van der Waals surface area contributed by atoms with Crippen LogP contribution in [0, 0.1) is 13.8 Å². The molecule has 0 fully saturated rings. The van der Waals surface area contributed by atoms with Gasteiger partial charge in [0.1, 0.15) is 0 Å². The van der Waals surface area contributed by atoms with E-state index in [1.807, 2.05) is 7.05 Å². The molecule has 1 aromatic rings. The lowest BCUT2D eigenvalue weighted by molar-refractivity contribution is 0.511. The van der Waals surface area contributed by atoms with Gasteiger partial charge in [-0.3, -0.25) is 4.68 Å². The van der Waals surface area contributed by atoms with Crippen LogP contribution in [0.5, 0.6) is 0 Å². The number of unbranched alkanes of at least 4 members (excludes halogenated alkanes) is 7. The molecule has 3 nitrogen and oxygen atoms in total. The lowest BCUT2D eigenvalue weighted by atomic mass is 10.1. The molecule has 1 heterocycles. The fourth-order valence-electron chi connectivity index (χ4n) is 2.96. The van der Waals surface area contributed by atoms with E-state index in [0.29, 0.717) is 0 Å². The van der Waals surface area contributed by atoms with E-state index < -0.39 is 0 Å². The summed E-state index contributed by atoms with van der Waals surface area (Å²) in [5.41, 5.74) is 4.01. The largest absolute Gasteiger partial charge is 0.319 e. The van der Waals surface area contributed by atoms with Crippen molar-refractivity contribution in [3.8, 4) is 0 Å². The molecule has 0 atom stereocenters. The molecular formula is C18H35N3. The van der Waals surface area contributed by atoms with Crippen molar-refractivity contribution in [2.75, 3.05) is 13.6 Å². The number of hydrogen-bond donors (Lipinski definition) is 1. The Morgan fingerprint density at radius 3 is 2.19 bits per heavy atom. The molecule has 0 saturated carbocycles. The molecule has 0 radical (unpaired) electrons. The summed E-state index contributed by atoms with van der Waals surface area (Å²) in [5.74, 6) is 0. The van der Waals surface area contributed by atoms with Gasteiger partial charge in [0.2, 0.25) is 0 Å². The van der Waals surface area contributed by atoms with E-state index in [2.05, 4.69) is 30.8 Å². The first-order chi connectivity index (χ1) is 10.2. The molecular weight excluding hydrogens is 258 g/mol. The fraction of sp³-hybridized carbons (Fsp3) is 0.833. The molecule has 0 amide bonds. The van der Waals surface area contributed by atoms with Crippen LogP contribution < -0.4 is 5.32 Å². The Morgan fingerprint density at radius 1 is 0.952 bits per heavy atom. The zero-order chi connectivity index (χ0) is 15.5. The first-order valence-corrected chi connectivity index (χ1v) is 8.88. The number of nitrogens with zero attached hydrogens (tertiary/aromatic N) is 2. The van der Waals surface area contributed by atoms with Gasteiger partial charge in [0.05, 0.1) is 5.69 Å². The lowest BCUT2D eigenvalue weighted by Crippen LogP contribution is -2.11. The van der Waals surface area contributed by atoms with Gasteiger partial charge in [-0.15, -0.1) is 0 Å². The molecule has 0 spiro atoms. The molecule has 1 aromatic heterocycles. The molecule has 0 unspecified atom stereocenters. The molecule has 0 aliphatic heterocycles. The number of nitrogens with one attached hydrogen (secondary N) is 1. The summed E-state index contributed by atoms with van der Waals surface area (Å²) in [6.07, 6.45) is 12.1. The topological polar surface area (TPSA) is 29.9 Å². The zero-order valence-electron chi connectivity index (χ0n) is 14.7. The third-order valence-corrected chi connectivity index (χ3v) is 4.38. The van der Waals surface area contributed by atoms with Crippen LogP contribution >= 0.6 is 0 Å². The molecule has 0 aliphatic rings. The van der Waals surface area contributed by atoms with Gasteiger partial charge in [-0.05, 0) is 45.8 Å². The maximum absolute atomic E-state index is 4.71. The van der Waals surface area contributed by atoms with Crippen molar-refractivity contribution in [2.24, 2.45) is 0 Å². The average Bonchev–Trinajstić information content (AvgIpc) is 2.74. The van der Waals surface area contributed by atoms with Crippen molar-refractivity contribution in [1.29, 1.82) is 0 Å². The minimum Gasteiger partial charge on any atom is -0.319 e. The highest BCUT2D eigenvalue weighted by atomic mass is 15.3. The maximum Gasteiger partial charge on any atom is 0.0628 e. The number of likely N-dealkylation sites (N-methyl/N-ethyl adjacent to an activating group) is 1. The maximum atomic E-state index is 4.71. The second-order valence-corrected chi connectivity index (χ2v) is 6.20. The highest BCUT2D eigenvalue weighted by molar-refractivity contribution is 5.24. The molecule has 3 heteroatoms. The molecule has 0 bridgehead atoms. The molecule has 122 valence electrons. The van der Waals surface area contributed by atoms with Gasteiger partial charge in [0.25, 0.3) is 0 Å². The molecule has 21 heavy (non-hydrogen) atoms. The van der Waals surface area contributed by atoms with Gasteiger partial charge in [-0.2, -0.15) is 5.10 Å². The van der Waals surface area contributed by atoms with Crippen molar-refractivity contribution >= 4 is 0 Å². The van der Waals surface area contributed by atoms with Crippen LogP contribution in [0.2, 0.25) is 0 Å². The van der Waals surface area contributed by atoms with E-state index in [1.54, 1.807) is 0 Å². The summed E-state index contributed by atoms with van der Waals surface area (Å²) >= 11 is 0. The van der Waals surface area contributed by atoms with Crippen LogP contribution in [0.1, 0.15) is 75.2 Å². The van der Waals surface area contributed by atoms with Crippen molar-refractivity contribution in [3.63, 3.8) is 0 Å². The number of aromatic nitrogens is 2. The third-order valence-electron chi connectivity index (χ3n) is 4.38. The van der Waals surface area contributed by atoms with Crippen LogP contribution in [0.15, 0.2) is 0 Å². The Hall–Kier alpha value is -0.830. The van der Waals surface area contributed by atoms with Crippen LogP contribution in [-0.4, -0.2) is 23.4 Å².